The molecule has 0 atom stereocenters. The molecule has 28 heavy (non-hydrogen) atoms. The maximum absolute atomic E-state index is 12.6. The number of aromatic nitrogens is 3. The molecule has 0 aliphatic rings. The Labute approximate surface area is 169 Å². The standard InChI is InChI=1S/C21H26N4O2S/c1-13-6-8-17(9-7-13)12-18-14(2)23-25(16(18)4)21-22-15(3)19(28-21)20(27)24(5)10-11-26/h6-9,26H,10-12H2,1-5H3. The van der Waals surface area contributed by atoms with Crippen LogP contribution in [0.3, 0.4) is 0 Å². The van der Waals surface area contributed by atoms with E-state index in [2.05, 4.69) is 41.3 Å². The van der Waals surface area contributed by atoms with Gasteiger partial charge in [0, 0.05) is 31.3 Å². The summed E-state index contributed by atoms with van der Waals surface area (Å²) in [7, 11) is 1.68. The van der Waals surface area contributed by atoms with Crippen molar-refractivity contribution >= 4 is 17.2 Å². The van der Waals surface area contributed by atoms with Gasteiger partial charge in [0.2, 0.25) is 5.13 Å². The molecule has 7 heteroatoms. The van der Waals surface area contributed by atoms with Crippen LogP contribution >= 0.6 is 11.3 Å². The Morgan fingerprint density at radius 3 is 2.46 bits per heavy atom. The molecule has 0 saturated heterocycles. The number of hydrogen-bond donors (Lipinski definition) is 1. The van der Waals surface area contributed by atoms with Crippen LogP contribution in [0.5, 0.6) is 0 Å². The van der Waals surface area contributed by atoms with Crippen molar-refractivity contribution in [1.82, 2.24) is 19.7 Å². The minimum atomic E-state index is -0.128. The van der Waals surface area contributed by atoms with Gasteiger partial charge < -0.3 is 10.0 Å². The molecule has 2 aromatic heterocycles. The number of aryl methyl sites for hydroxylation is 3. The Morgan fingerprint density at radius 1 is 1.14 bits per heavy atom. The summed E-state index contributed by atoms with van der Waals surface area (Å²) in [5.41, 5.74) is 6.36. The Hall–Kier alpha value is -2.51. The zero-order valence-electron chi connectivity index (χ0n) is 17.0. The number of amides is 1. The summed E-state index contributed by atoms with van der Waals surface area (Å²) in [4.78, 5) is 19.3. The molecule has 2 heterocycles. The summed E-state index contributed by atoms with van der Waals surface area (Å²) in [5.74, 6) is -0.128. The monoisotopic (exact) mass is 398 g/mol. The van der Waals surface area contributed by atoms with Crippen molar-refractivity contribution in [3.05, 3.63) is 62.9 Å². The lowest BCUT2D eigenvalue weighted by atomic mass is 10.0. The Kier molecular flexibility index (Phi) is 5.96. The van der Waals surface area contributed by atoms with Gasteiger partial charge in [0.15, 0.2) is 0 Å². The van der Waals surface area contributed by atoms with Gasteiger partial charge in [-0.25, -0.2) is 9.67 Å². The maximum atomic E-state index is 12.6. The zero-order valence-corrected chi connectivity index (χ0v) is 17.8. The topological polar surface area (TPSA) is 71.2 Å². The third-order valence-corrected chi connectivity index (χ3v) is 6.01. The third kappa shape index (κ3) is 4.00. The number of likely N-dealkylation sites (N-methyl/N-ethyl adjacent to an activating group) is 1. The van der Waals surface area contributed by atoms with E-state index in [1.165, 1.54) is 32.9 Å². The molecule has 148 valence electrons. The Balaban J connectivity index is 1.92. The third-order valence-electron chi connectivity index (χ3n) is 4.89. The van der Waals surface area contributed by atoms with Crippen LogP contribution in [0.25, 0.3) is 5.13 Å². The molecular weight excluding hydrogens is 372 g/mol. The van der Waals surface area contributed by atoms with E-state index in [0.717, 1.165) is 17.8 Å². The molecule has 0 aliphatic heterocycles. The van der Waals surface area contributed by atoms with E-state index in [4.69, 9.17) is 5.11 Å². The molecule has 0 unspecified atom stereocenters. The largest absolute Gasteiger partial charge is 0.395 e. The quantitative estimate of drug-likeness (QED) is 0.692. The summed E-state index contributed by atoms with van der Waals surface area (Å²) < 4.78 is 1.83. The molecule has 0 aliphatic carbocycles. The number of aliphatic hydroxyl groups excluding tert-OH is 1. The number of nitrogens with zero attached hydrogens (tertiary/aromatic N) is 4. The van der Waals surface area contributed by atoms with Crippen LogP contribution in [-0.4, -0.2) is 50.9 Å². The minimum Gasteiger partial charge on any atom is -0.395 e. The molecule has 3 rings (SSSR count). The van der Waals surface area contributed by atoms with E-state index in [1.54, 1.807) is 7.05 Å². The second-order valence-corrected chi connectivity index (χ2v) is 8.06. The second-order valence-electron chi connectivity index (χ2n) is 7.08. The summed E-state index contributed by atoms with van der Waals surface area (Å²) in [6, 6.07) is 8.53. The number of thiazole rings is 1. The lowest BCUT2D eigenvalue weighted by Crippen LogP contribution is -2.29. The number of carbonyl (C=O) groups is 1. The highest BCUT2D eigenvalue weighted by molar-refractivity contribution is 7.16. The normalized spacial score (nSPS) is 11.1. The minimum absolute atomic E-state index is 0.0627. The van der Waals surface area contributed by atoms with Crippen LogP contribution in [-0.2, 0) is 6.42 Å². The maximum Gasteiger partial charge on any atom is 0.265 e. The van der Waals surface area contributed by atoms with Crippen LogP contribution < -0.4 is 0 Å². The highest BCUT2D eigenvalue weighted by Crippen LogP contribution is 2.26. The molecule has 6 nitrogen and oxygen atoms in total. The Bertz CT molecular complexity index is 989. The zero-order chi connectivity index (χ0) is 20.4. The fourth-order valence-corrected chi connectivity index (χ4v) is 4.19. The van der Waals surface area contributed by atoms with E-state index in [1.807, 2.05) is 25.5 Å². The Morgan fingerprint density at radius 2 is 1.82 bits per heavy atom. The van der Waals surface area contributed by atoms with Gasteiger partial charge >= 0.3 is 0 Å². The van der Waals surface area contributed by atoms with Crippen molar-refractivity contribution in [3.63, 3.8) is 0 Å². The van der Waals surface area contributed by atoms with Gasteiger partial charge in [-0.15, -0.1) is 0 Å². The SMILES string of the molecule is Cc1ccc(Cc2c(C)nn(-c3nc(C)c(C(=O)N(C)CCO)s3)c2C)cc1. The summed E-state index contributed by atoms with van der Waals surface area (Å²) >= 11 is 1.34. The number of hydrogen-bond acceptors (Lipinski definition) is 5. The van der Waals surface area contributed by atoms with Crippen molar-refractivity contribution in [3.8, 4) is 5.13 Å². The predicted molar refractivity (Wildman–Crippen MR) is 111 cm³/mol. The first-order valence-corrected chi connectivity index (χ1v) is 10.1. The van der Waals surface area contributed by atoms with Crippen molar-refractivity contribution in [2.45, 2.75) is 34.1 Å². The lowest BCUT2D eigenvalue weighted by Gasteiger charge is -2.14. The van der Waals surface area contributed by atoms with Crippen LogP contribution in [0.2, 0.25) is 0 Å². The predicted octanol–water partition coefficient (Wildman–Crippen LogP) is 3.22. The molecule has 0 saturated carbocycles. The molecule has 0 bridgehead atoms. The smallest absolute Gasteiger partial charge is 0.265 e. The molecule has 0 spiro atoms. The lowest BCUT2D eigenvalue weighted by molar-refractivity contribution is 0.0771. The molecule has 0 fully saturated rings. The van der Waals surface area contributed by atoms with E-state index in [9.17, 15) is 4.79 Å². The van der Waals surface area contributed by atoms with Crippen LogP contribution in [0, 0.1) is 27.7 Å². The van der Waals surface area contributed by atoms with Gasteiger partial charge in [0.05, 0.1) is 18.0 Å². The summed E-state index contributed by atoms with van der Waals surface area (Å²) in [5, 5.41) is 14.4. The number of carbonyl (C=O) groups excluding carboxylic acids is 1. The number of aliphatic hydroxyl groups is 1. The molecular formula is C21H26N4O2S. The molecule has 1 aromatic carbocycles. The first-order chi connectivity index (χ1) is 13.3. The van der Waals surface area contributed by atoms with E-state index in [-0.39, 0.29) is 12.5 Å². The molecule has 1 N–H and O–H groups in total. The fourth-order valence-electron chi connectivity index (χ4n) is 3.12. The van der Waals surface area contributed by atoms with Crippen molar-refractivity contribution in [2.75, 3.05) is 20.2 Å². The summed E-state index contributed by atoms with van der Waals surface area (Å²) in [6.07, 6.45) is 0.813. The average Bonchev–Trinajstić information content (AvgIpc) is 3.17. The van der Waals surface area contributed by atoms with Gasteiger partial charge in [-0.2, -0.15) is 5.10 Å². The van der Waals surface area contributed by atoms with Gasteiger partial charge in [-0.05, 0) is 33.3 Å². The van der Waals surface area contributed by atoms with Crippen molar-refractivity contribution in [1.29, 1.82) is 0 Å². The van der Waals surface area contributed by atoms with Crippen LogP contribution in [0.15, 0.2) is 24.3 Å². The first-order valence-electron chi connectivity index (χ1n) is 9.26. The molecule has 1 amide bonds. The average molecular weight is 399 g/mol. The number of rotatable bonds is 6. The van der Waals surface area contributed by atoms with E-state index in [0.29, 0.717) is 22.2 Å². The highest BCUT2D eigenvalue weighted by atomic mass is 32.1. The van der Waals surface area contributed by atoms with Gasteiger partial charge in [-0.3, -0.25) is 4.79 Å². The van der Waals surface area contributed by atoms with Crippen LogP contribution in [0.1, 0.15) is 43.4 Å². The van der Waals surface area contributed by atoms with E-state index >= 15 is 0 Å². The summed E-state index contributed by atoms with van der Waals surface area (Å²) in [6.45, 7) is 8.20. The number of benzene rings is 1. The van der Waals surface area contributed by atoms with Gasteiger partial charge in [0.1, 0.15) is 4.88 Å². The van der Waals surface area contributed by atoms with Crippen LogP contribution in [0.4, 0.5) is 0 Å². The molecule has 0 radical (unpaired) electrons. The van der Waals surface area contributed by atoms with Gasteiger partial charge in [-0.1, -0.05) is 41.2 Å². The highest BCUT2D eigenvalue weighted by Gasteiger charge is 2.22. The van der Waals surface area contributed by atoms with Crippen molar-refractivity contribution in [2.24, 2.45) is 0 Å². The molecule has 3 aromatic rings. The van der Waals surface area contributed by atoms with Gasteiger partial charge in [0.25, 0.3) is 5.91 Å². The van der Waals surface area contributed by atoms with Crippen molar-refractivity contribution < 1.29 is 9.90 Å². The fraction of sp³-hybridized carbons (Fsp3) is 0.381. The van der Waals surface area contributed by atoms with E-state index < -0.39 is 0 Å². The first kappa shape index (κ1) is 20.2. The second kappa shape index (κ2) is 8.24.